The van der Waals surface area contributed by atoms with Gasteiger partial charge in [-0.15, -0.1) is 0 Å². The van der Waals surface area contributed by atoms with Crippen molar-refractivity contribution in [3.8, 4) is 0 Å². The fraction of sp³-hybridized carbons (Fsp3) is 0.176. The highest BCUT2D eigenvalue weighted by Gasteiger charge is 1.98. The molecule has 3 N–H and O–H groups in total. The first-order chi connectivity index (χ1) is 9.85. The third-order valence-corrected chi connectivity index (χ3v) is 3.48. The van der Waals surface area contributed by atoms with E-state index in [-0.39, 0.29) is 6.61 Å². The number of nitrogens with one attached hydrogen (secondary N) is 2. The summed E-state index contributed by atoms with van der Waals surface area (Å²) < 4.78 is 0. The largest absolute Gasteiger partial charge is 0.392 e. The van der Waals surface area contributed by atoms with E-state index in [9.17, 15) is 0 Å². The van der Waals surface area contributed by atoms with E-state index >= 15 is 0 Å². The van der Waals surface area contributed by atoms with Crippen LogP contribution in [0.3, 0.4) is 0 Å². The standard InChI is InChI=1S/C17H18N2O/c20-12-14-3-1-13(2-4-14)10-18-11-15-5-6-16-7-8-19-17(16)9-15/h1-9,18-20H,10-12H2. The Morgan fingerprint density at radius 3 is 2.35 bits per heavy atom. The molecule has 2 aromatic carbocycles. The van der Waals surface area contributed by atoms with E-state index in [2.05, 4.69) is 34.6 Å². The zero-order valence-electron chi connectivity index (χ0n) is 11.3. The van der Waals surface area contributed by atoms with Gasteiger partial charge in [0.05, 0.1) is 6.61 Å². The number of hydrogen-bond acceptors (Lipinski definition) is 2. The minimum absolute atomic E-state index is 0.101. The van der Waals surface area contributed by atoms with Crippen LogP contribution in [0.15, 0.2) is 54.7 Å². The molecule has 0 bridgehead atoms. The van der Waals surface area contributed by atoms with Crippen molar-refractivity contribution < 1.29 is 5.11 Å². The Kier molecular flexibility index (Phi) is 3.81. The monoisotopic (exact) mass is 266 g/mol. The molecule has 0 saturated heterocycles. The normalized spacial score (nSPS) is 11.1. The minimum atomic E-state index is 0.101. The molecule has 0 aliphatic carbocycles. The lowest BCUT2D eigenvalue weighted by molar-refractivity contribution is 0.282. The summed E-state index contributed by atoms with van der Waals surface area (Å²) in [7, 11) is 0. The van der Waals surface area contributed by atoms with Crippen LogP contribution in [0, 0.1) is 0 Å². The lowest BCUT2D eigenvalue weighted by atomic mass is 10.1. The molecule has 1 heterocycles. The Morgan fingerprint density at radius 1 is 0.850 bits per heavy atom. The number of rotatable bonds is 5. The van der Waals surface area contributed by atoms with Crippen molar-refractivity contribution in [1.82, 2.24) is 10.3 Å². The van der Waals surface area contributed by atoms with Gasteiger partial charge < -0.3 is 15.4 Å². The van der Waals surface area contributed by atoms with Crippen molar-refractivity contribution in [2.24, 2.45) is 0 Å². The molecule has 0 aliphatic heterocycles. The average Bonchev–Trinajstić information content (AvgIpc) is 2.95. The van der Waals surface area contributed by atoms with E-state index < -0.39 is 0 Å². The molecule has 0 unspecified atom stereocenters. The Balaban J connectivity index is 1.58. The molecule has 3 aromatic rings. The summed E-state index contributed by atoms with van der Waals surface area (Å²) in [6.07, 6.45) is 1.96. The third kappa shape index (κ3) is 2.90. The first-order valence-corrected chi connectivity index (χ1v) is 6.80. The van der Waals surface area contributed by atoms with E-state index in [1.54, 1.807) is 0 Å². The van der Waals surface area contributed by atoms with E-state index in [0.29, 0.717) is 0 Å². The molecule has 0 saturated carbocycles. The number of benzene rings is 2. The van der Waals surface area contributed by atoms with Gasteiger partial charge in [0.2, 0.25) is 0 Å². The number of aromatic amines is 1. The molecule has 102 valence electrons. The highest BCUT2D eigenvalue weighted by atomic mass is 16.3. The molecule has 20 heavy (non-hydrogen) atoms. The van der Waals surface area contributed by atoms with Gasteiger partial charge in [-0.1, -0.05) is 36.4 Å². The predicted molar refractivity (Wildman–Crippen MR) is 81.2 cm³/mol. The van der Waals surface area contributed by atoms with Crippen molar-refractivity contribution in [2.75, 3.05) is 0 Å². The van der Waals surface area contributed by atoms with Gasteiger partial charge in [-0.3, -0.25) is 0 Å². The highest BCUT2D eigenvalue weighted by Crippen LogP contribution is 2.14. The van der Waals surface area contributed by atoms with E-state index in [1.165, 1.54) is 22.0 Å². The predicted octanol–water partition coefficient (Wildman–Crippen LogP) is 2.95. The molecule has 3 nitrogen and oxygen atoms in total. The number of aromatic nitrogens is 1. The average molecular weight is 266 g/mol. The van der Waals surface area contributed by atoms with Crippen LogP contribution in [-0.4, -0.2) is 10.1 Å². The number of fused-ring (bicyclic) bond motifs is 1. The van der Waals surface area contributed by atoms with Crippen molar-refractivity contribution in [3.05, 3.63) is 71.4 Å². The molecule has 3 heteroatoms. The molecule has 0 radical (unpaired) electrons. The molecule has 1 aromatic heterocycles. The SMILES string of the molecule is OCc1ccc(CNCc2ccc3cc[nH]c3c2)cc1. The maximum absolute atomic E-state index is 9.00. The van der Waals surface area contributed by atoms with Crippen LogP contribution in [0.4, 0.5) is 0 Å². The van der Waals surface area contributed by atoms with Crippen molar-refractivity contribution in [3.63, 3.8) is 0 Å². The van der Waals surface area contributed by atoms with Crippen LogP contribution in [0.1, 0.15) is 16.7 Å². The topological polar surface area (TPSA) is 48.0 Å². The van der Waals surface area contributed by atoms with Gasteiger partial charge in [0.1, 0.15) is 0 Å². The van der Waals surface area contributed by atoms with Gasteiger partial charge in [-0.25, -0.2) is 0 Å². The molecule has 0 spiro atoms. The summed E-state index contributed by atoms with van der Waals surface area (Å²) >= 11 is 0. The van der Waals surface area contributed by atoms with Crippen LogP contribution in [0.25, 0.3) is 10.9 Å². The zero-order chi connectivity index (χ0) is 13.8. The lowest BCUT2D eigenvalue weighted by Crippen LogP contribution is -2.12. The summed E-state index contributed by atoms with van der Waals surface area (Å²) in [6, 6.07) is 16.6. The third-order valence-electron chi connectivity index (χ3n) is 3.48. The number of hydrogen-bond donors (Lipinski definition) is 3. The van der Waals surface area contributed by atoms with Crippen LogP contribution in [-0.2, 0) is 19.7 Å². The zero-order valence-corrected chi connectivity index (χ0v) is 11.3. The van der Waals surface area contributed by atoms with Gasteiger partial charge in [0, 0.05) is 24.8 Å². The summed E-state index contributed by atoms with van der Waals surface area (Å²) in [4.78, 5) is 3.23. The highest BCUT2D eigenvalue weighted by molar-refractivity contribution is 5.79. The molecule has 0 fully saturated rings. The Morgan fingerprint density at radius 2 is 1.55 bits per heavy atom. The molecule has 3 rings (SSSR count). The smallest absolute Gasteiger partial charge is 0.0681 e. The second kappa shape index (κ2) is 5.90. The molecule has 0 atom stereocenters. The first-order valence-electron chi connectivity index (χ1n) is 6.80. The van der Waals surface area contributed by atoms with Crippen LogP contribution in [0.2, 0.25) is 0 Å². The van der Waals surface area contributed by atoms with Crippen LogP contribution >= 0.6 is 0 Å². The summed E-state index contributed by atoms with van der Waals surface area (Å²) in [5.74, 6) is 0. The maximum atomic E-state index is 9.00. The number of aliphatic hydroxyl groups excluding tert-OH is 1. The van der Waals surface area contributed by atoms with E-state index in [0.717, 1.165) is 18.7 Å². The van der Waals surface area contributed by atoms with Crippen molar-refractivity contribution in [2.45, 2.75) is 19.7 Å². The second-order valence-corrected chi connectivity index (χ2v) is 4.98. The van der Waals surface area contributed by atoms with Gasteiger partial charge in [-0.05, 0) is 34.2 Å². The van der Waals surface area contributed by atoms with Gasteiger partial charge in [0.25, 0.3) is 0 Å². The Bertz CT molecular complexity index is 686. The molecular weight excluding hydrogens is 248 g/mol. The van der Waals surface area contributed by atoms with Crippen molar-refractivity contribution in [1.29, 1.82) is 0 Å². The maximum Gasteiger partial charge on any atom is 0.0681 e. The Labute approximate surface area is 118 Å². The fourth-order valence-electron chi connectivity index (χ4n) is 2.32. The lowest BCUT2D eigenvalue weighted by Gasteiger charge is -2.06. The minimum Gasteiger partial charge on any atom is -0.392 e. The molecule has 0 aliphatic rings. The van der Waals surface area contributed by atoms with Gasteiger partial charge >= 0.3 is 0 Å². The summed E-state index contributed by atoms with van der Waals surface area (Å²) in [5.41, 5.74) is 4.62. The Hall–Kier alpha value is -2.10. The van der Waals surface area contributed by atoms with Gasteiger partial charge in [0.15, 0.2) is 0 Å². The second-order valence-electron chi connectivity index (χ2n) is 4.98. The van der Waals surface area contributed by atoms with Crippen molar-refractivity contribution >= 4 is 10.9 Å². The van der Waals surface area contributed by atoms with E-state index in [4.69, 9.17) is 5.11 Å². The van der Waals surface area contributed by atoms with Crippen LogP contribution in [0.5, 0.6) is 0 Å². The first kappa shape index (κ1) is 12.9. The molecule has 0 amide bonds. The van der Waals surface area contributed by atoms with E-state index in [1.807, 2.05) is 30.5 Å². The van der Waals surface area contributed by atoms with Crippen LogP contribution < -0.4 is 5.32 Å². The molecular formula is C17H18N2O. The summed E-state index contributed by atoms with van der Waals surface area (Å²) in [5, 5.41) is 13.7. The fourth-order valence-corrected chi connectivity index (χ4v) is 2.32. The number of H-pyrrole nitrogens is 1. The quantitative estimate of drug-likeness (QED) is 0.665. The number of aliphatic hydroxyl groups is 1. The van der Waals surface area contributed by atoms with Gasteiger partial charge in [-0.2, -0.15) is 0 Å². The summed E-state index contributed by atoms with van der Waals surface area (Å²) in [6.45, 7) is 1.77.